The lowest BCUT2D eigenvalue weighted by Crippen LogP contribution is -2.38. The average Bonchev–Trinajstić information content (AvgIpc) is 3.25. The van der Waals surface area contributed by atoms with E-state index in [2.05, 4.69) is 5.32 Å². The van der Waals surface area contributed by atoms with Crippen molar-refractivity contribution >= 4 is 34.6 Å². The molecule has 0 bridgehead atoms. The van der Waals surface area contributed by atoms with Crippen LogP contribution in [0.25, 0.3) is 0 Å². The molecule has 4 rings (SSSR count). The number of rotatable bonds is 4. The van der Waals surface area contributed by atoms with E-state index < -0.39 is 0 Å². The van der Waals surface area contributed by atoms with Crippen LogP contribution in [0.15, 0.2) is 23.6 Å². The van der Waals surface area contributed by atoms with E-state index in [9.17, 15) is 14.4 Å². The number of carbonyl (C=O) groups is 3. The van der Waals surface area contributed by atoms with Crippen LogP contribution < -0.4 is 14.8 Å². The molecule has 1 aromatic carbocycles. The maximum atomic E-state index is 12.7. The van der Waals surface area contributed by atoms with Crippen molar-refractivity contribution in [3.63, 3.8) is 0 Å². The van der Waals surface area contributed by atoms with Gasteiger partial charge in [-0.1, -0.05) is 0 Å². The van der Waals surface area contributed by atoms with Gasteiger partial charge in [0, 0.05) is 23.1 Å². The average molecular weight is 386 g/mol. The molecular formula is C19H18N2O5S. The first kappa shape index (κ1) is 17.5. The van der Waals surface area contributed by atoms with E-state index in [0.29, 0.717) is 34.9 Å². The molecule has 2 amide bonds. The summed E-state index contributed by atoms with van der Waals surface area (Å²) in [6.45, 7) is 1.95. The van der Waals surface area contributed by atoms with E-state index >= 15 is 0 Å². The van der Waals surface area contributed by atoms with E-state index in [0.717, 1.165) is 17.7 Å². The molecule has 0 radical (unpaired) electrons. The molecule has 0 aliphatic carbocycles. The van der Waals surface area contributed by atoms with Gasteiger partial charge in [-0.15, -0.1) is 11.3 Å². The van der Waals surface area contributed by atoms with Gasteiger partial charge >= 0.3 is 0 Å². The first-order valence-corrected chi connectivity index (χ1v) is 9.51. The number of nitrogens with zero attached hydrogens (tertiary/aromatic N) is 1. The summed E-state index contributed by atoms with van der Waals surface area (Å²) in [6.07, 6.45) is 1.66. The monoisotopic (exact) mass is 386 g/mol. The van der Waals surface area contributed by atoms with Crippen molar-refractivity contribution in [2.75, 3.05) is 25.2 Å². The number of nitrogens with one attached hydrogen (secondary N) is 1. The van der Waals surface area contributed by atoms with Gasteiger partial charge in [0.15, 0.2) is 17.3 Å². The second-order valence-corrected chi connectivity index (χ2v) is 7.44. The Bertz CT molecular complexity index is 936. The van der Waals surface area contributed by atoms with Gasteiger partial charge in [0.2, 0.25) is 12.7 Å². The number of hydrogen-bond donors (Lipinski definition) is 1. The fourth-order valence-corrected chi connectivity index (χ4v) is 4.19. The number of anilines is 1. The first-order valence-electron chi connectivity index (χ1n) is 8.63. The minimum Gasteiger partial charge on any atom is -0.454 e. The fourth-order valence-electron chi connectivity index (χ4n) is 3.28. The number of thiophene rings is 1. The molecular weight excluding hydrogens is 368 g/mol. The molecule has 140 valence electrons. The molecule has 1 aromatic heterocycles. The van der Waals surface area contributed by atoms with Crippen molar-refractivity contribution < 1.29 is 23.9 Å². The van der Waals surface area contributed by atoms with Crippen LogP contribution in [0.5, 0.6) is 11.5 Å². The van der Waals surface area contributed by atoms with E-state index in [4.69, 9.17) is 9.47 Å². The minimum atomic E-state index is -0.358. The van der Waals surface area contributed by atoms with Gasteiger partial charge in [-0.25, -0.2) is 0 Å². The number of ether oxygens (including phenoxy) is 2. The van der Waals surface area contributed by atoms with Crippen molar-refractivity contribution in [1.29, 1.82) is 0 Å². The molecule has 3 heterocycles. The molecule has 0 fully saturated rings. The Labute approximate surface area is 159 Å². The van der Waals surface area contributed by atoms with Crippen LogP contribution in [0.4, 0.5) is 5.69 Å². The third-order valence-electron chi connectivity index (χ3n) is 4.60. The van der Waals surface area contributed by atoms with Gasteiger partial charge in [-0.2, -0.15) is 0 Å². The van der Waals surface area contributed by atoms with Crippen LogP contribution in [-0.2, 0) is 11.2 Å². The molecule has 8 heteroatoms. The van der Waals surface area contributed by atoms with Gasteiger partial charge in [0.05, 0.1) is 11.3 Å². The van der Waals surface area contributed by atoms with Crippen molar-refractivity contribution in [2.24, 2.45) is 0 Å². The Hall–Kier alpha value is -2.87. The Morgan fingerprint density at radius 1 is 1.26 bits per heavy atom. The van der Waals surface area contributed by atoms with Crippen molar-refractivity contribution in [3.05, 3.63) is 39.6 Å². The van der Waals surface area contributed by atoms with Crippen LogP contribution in [0.2, 0.25) is 0 Å². The number of benzene rings is 1. The Morgan fingerprint density at radius 2 is 2.04 bits per heavy atom. The standard InChI is InChI=1S/C19H18N2O5S/c1-11(22)13-7-15-16(26-10-25-15)8-14(13)20-18(23)9-21-5-2-3-17-12(19(21)24)4-6-27-17/h4,6-8H,2-3,5,9-10H2,1H3,(H,20,23). The lowest BCUT2D eigenvalue weighted by atomic mass is 10.1. The number of carbonyl (C=O) groups excluding carboxylic acids is 3. The van der Waals surface area contributed by atoms with E-state index in [1.807, 2.05) is 11.4 Å². The molecule has 2 aliphatic rings. The summed E-state index contributed by atoms with van der Waals surface area (Å²) in [6, 6.07) is 4.96. The molecule has 0 saturated carbocycles. The summed E-state index contributed by atoms with van der Waals surface area (Å²) in [7, 11) is 0. The zero-order valence-corrected chi connectivity index (χ0v) is 15.6. The van der Waals surface area contributed by atoms with E-state index in [1.54, 1.807) is 28.4 Å². The lowest BCUT2D eigenvalue weighted by Gasteiger charge is -2.20. The summed E-state index contributed by atoms with van der Waals surface area (Å²) >= 11 is 1.57. The third kappa shape index (κ3) is 3.40. The summed E-state index contributed by atoms with van der Waals surface area (Å²) in [5.74, 6) is 0.270. The fraction of sp³-hybridized carbons (Fsp3) is 0.316. The second kappa shape index (κ2) is 7.03. The number of amides is 2. The predicted octanol–water partition coefficient (Wildman–Crippen LogP) is 2.71. The van der Waals surface area contributed by atoms with Gasteiger partial charge in [0.1, 0.15) is 6.54 Å². The number of fused-ring (bicyclic) bond motifs is 2. The number of Topliss-reactive ketones (excluding diaryl/α,β-unsaturated/α-hetero) is 1. The highest BCUT2D eigenvalue weighted by atomic mass is 32.1. The zero-order chi connectivity index (χ0) is 19.0. The molecule has 1 N–H and O–H groups in total. The zero-order valence-electron chi connectivity index (χ0n) is 14.7. The lowest BCUT2D eigenvalue weighted by molar-refractivity contribution is -0.116. The maximum Gasteiger partial charge on any atom is 0.255 e. The summed E-state index contributed by atoms with van der Waals surface area (Å²) < 4.78 is 10.6. The summed E-state index contributed by atoms with van der Waals surface area (Å²) in [5, 5.41) is 4.64. The molecule has 0 spiro atoms. The SMILES string of the molecule is CC(=O)c1cc2c(cc1NC(=O)CN1CCCc3sccc3C1=O)OCO2. The van der Waals surface area contributed by atoms with Crippen LogP contribution in [0.3, 0.4) is 0 Å². The molecule has 0 unspecified atom stereocenters. The molecule has 0 saturated heterocycles. The number of aryl methyl sites for hydroxylation is 1. The van der Waals surface area contributed by atoms with Crippen LogP contribution in [0.1, 0.15) is 38.9 Å². The highest BCUT2D eigenvalue weighted by molar-refractivity contribution is 7.10. The largest absolute Gasteiger partial charge is 0.454 e. The Morgan fingerprint density at radius 3 is 2.81 bits per heavy atom. The molecule has 0 atom stereocenters. The minimum absolute atomic E-state index is 0.0695. The molecule has 2 aromatic rings. The van der Waals surface area contributed by atoms with Crippen molar-refractivity contribution in [1.82, 2.24) is 4.90 Å². The first-order chi connectivity index (χ1) is 13.0. The Balaban J connectivity index is 1.52. The highest BCUT2D eigenvalue weighted by Gasteiger charge is 2.26. The summed E-state index contributed by atoms with van der Waals surface area (Å²) in [4.78, 5) is 39.8. The highest BCUT2D eigenvalue weighted by Crippen LogP contribution is 2.37. The predicted molar refractivity (Wildman–Crippen MR) is 99.7 cm³/mol. The van der Waals surface area contributed by atoms with E-state index in [-0.39, 0.29) is 30.9 Å². The van der Waals surface area contributed by atoms with Crippen molar-refractivity contribution in [3.8, 4) is 11.5 Å². The molecule has 2 aliphatic heterocycles. The number of ketones is 1. The normalized spacial score (nSPS) is 15.3. The van der Waals surface area contributed by atoms with Gasteiger partial charge < -0.3 is 19.7 Å². The van der Waals surface area contributed by atoms with Crippen LogP contribution in [0, 0.1) is 0 Å². The smallest absolute Gasteiger partial charge is 0.255 e. The van der Waals surface area contributed by atoms with Gasteiger partial charge in [0.25, 0.3) is 5.91 Å². The second-order valence-electron chi connectivity index (χ2n) is 6.44. The number of hydrogen-bond acceptors (Lipinski definition) is 6. The van der Waals surface area contributed by atoms with Gasteiger partial charge in [-0.05, 0) is 37.3 Å². The quantitative estimate of drug-likeness (QED) is 0.817. The van der Waals surface area contributed by atoms with Crippen LogP contribution in [-0.4, -0.2) is 42.4 Å². The topological polar surface area (TPSA) is 84.9 Å². The van der Waals surface area contributed by atoms with Crippen LogP contribution >= 0.6 is 11.3 Å². The third-order valence-corrected chi connectivity index (χ3v) is 5.58. The maximum absolute atomic E-state index is 12.7. The molecule has 7 nitrogen and oxygen atoms in total. The van der Waals surface area contributed by atoms with E-state index in [1.165, 1.54) is 6.92 Å². The van der Waals surface area contributed by atoms with Gasteiger partial charge in [-0.3, -0.25) is 14.4 Å². The Kier molecular flexibility index (Phi) is 4.57. The van der Waals surface area contributed by atoms with Crippen molar-refractivity contribution in [2.45, 2.75) is 19.8 Å². The summed E-state index contributed by atoms with van der Waals surface area (Å²) in [5.41, 5.74) is 1.38. The molecule has 27 heavy (non-hydrogen) atoms.